The van der Waals surface area contributed by atoms with Crippen molar-refractivity contribution in [3.63, 3.8) is 0 Å². The number of aliphatic hydroxyl groups is 1. The molecule has 0 unspecified atom stereocenters. The highest BCUT2D eigenvalue weighted by Gasteiger charge is 2.28. The molecule has 0 radical (unpaired) electrons. The Bertz CT molecular complexity index is 472. The first-order valence-corrected chi connectivity index (χ1v) is 6.09. The molecule has 0 spiro atoms. The van der Waals surface area contributed by atoms with Crippen LogP contribution in [-0.2, 0) is 0 Å². The van der Waals surface area contributed by atoms with Crippen molar-refractivity contribution in [1.29, 1.82) is 0 Å². The van der Waals surface area contributed by atoms with Crippen LogP contribution in [0.1, 0.15) is 30.4 Å². The van der Waals surface area contributed by atoms with Crippen molar-refractivity contribution >= 4 is 5.69 Å². The minimum atomic E-state index is -0.468. The van der Waals surface area contributed by atoms with Crippen molar-refractivity contribution in [3.05, 3.63) is 33.4 Å². The molecule has 0 aliphatic heterocycles. The molecule has 1 fully saturated rings. The molecular weight excluding hydrogens is 234 g/mol. The lowest BCUT2D eigenvalue weighted by Crippen LogP contribution is -2.26. The van der Waals surface area contributed by atoms with Gasteiger partial charge < -0.3 is 9.84 Å². The largest absolute Gasteiger partial charge is 0.487 e. The van der Waals surface area contributed by atoms with E-state index in [1.54, 1.807) is 13.0 Å². The molecule has 0 heterocycles. The Morgan fingerprint density at radius 3 is 2.61 bits per heavy atom. The van der Waals surface area contributed by atoms with E-state index in [2.05, 4.69) is 0 Å². The van der Waals surface area contributed by atoms with Gasteiger partial charge in [-0.3, -0.25) is 10.1 Å². The molecule has 1 aromatic carbocycles. The molecule has 18 heavy (non-hydrogen) atoms. The molecular formula is C13H17NO4. The van der Waals surface area contributed by atoms with Crippen molar-refractivity contribution < 1.29 is 14.8 Å². The fourth-order valence-electron chi connectivity index (χ4n) is 2.35. The number of aliphatic hydroxyl groups excluding tert-OH is 1. The van der Waals surface area contributed by atoms with E-state index in [4.69, 9.17) is 4.74 Å². The Morgan fingerprint density at radius 2 is 2.06 bits per heavy atom. The maximum absolute atomic E-state index is 10.9. The van der Waals surface area contributed by atoms with Gasteiger partial charge in [-0.1, -0.05) is 0 Å². The van der Waals surface area contributed by atoms with Crippen molar-refractivity contribution in [2.24, 2.45) is 0 Å². The van der Waals surface area contributed by atoms with Crippen LogP contribution in [0, 0.1) is 24.0 Å². The summed E-state index contributed by atoms with van der Waals surface area (Å²) in [7, 11) is 0. The first kappa shape index (κ1) is 12.8. The number of aryl methyl sites for hydroxylation is 2. The van der Waals surface area contributed by atoms with Crippen LogP contribution >= 0.6 is 0 Å². The Labute approximate surface area is 106 Å². The second-order valence-electron chi connectivity index (χ2n) is 4.82. The standard InChI is InChI=1S/C13H17NO4/c1-8-6-9(2)13(7-10(8)14(16)17)18-12-5-3-4-11(12)15/h6-7,11-12,15H,3-5H2,1-2H3/t11-,12-/m1/s1. The van der Waals surface area contributed by atoms with Gasteiger partial charge in [-0.2, -0.15) is 0 Å². The number of hydrogen-bond acceptors (Lipinski definition) is 4. The summed E-state index contributed by atoms with van der Waals surface area (Å²) in [6, 6.07) is 3.20. The number of hydrogen-bond donors (Lipinski definition) is 1. The quantitative estimate of drug-likeness (QED) is 0.661. The zero-order valence-corrected chi connectivity index (χ0v) is 10.5. The first-order valence-electron chi connectivity index (χ1n) is 6.09. The van der Waals surface area contributed by atoms with E-state index in [0.29, 0.717) is 11.3 Å². The molecule has 98 valence electrons. The third-order valence-corrected chi connectivity index (χ3v) is 3.39. The zero-order chi connectivity index (χ0) is 13.3. The molecule has 1 saturated carbocycles. The lowest BCUT2D eigenvalue weighted by atomic mass is 10.1. The monoisotopic (exact) mass is 251 g/mol. The van der Waals surface area contributed by atoms with Crippen LogP contribution in [-0.4, -0.2) is 22.2 Å². The lowest BCUT2D eigenvalue weighted by Gasteiger charge is -2.18. The molecule has 5 heteroatoms. The molecule has 5 nitrogen and oxygen atoms in total. The Morgan fingerprint density at radius 1 is 1.33 bits per heavy atom. The third-order valence-electron chi connectivity index (χ3n) is 3.39. The molecule has 1 aliphatic rings. The summed E-state index contributed by atoms with van der Waals surface area (Å²) >= 11 is 0. The van der Waals surface area contributed by atoms with Crippen LogP contribution < -0.4 is 4.74 Å². The van der Waals surface area contributed by atoms with E-state index in [-0.39, 0.29) is 11.8 Å². The highest BCUT2D eigenvalue weighted by Crippen LogP contribution is 2.31. The molecule has 0 bridgehead atoms. The Hall–Kier alpha value is -1.62. The fraction of sp³-hybridized carbons (Fsp3) is 0.538. The van der Waals surface area contributed by atoms with Gasteiger partial charge in [0.2, 0.25) is 0 Å². The molecule has 1 N–H and O–H groups in total. The number of nitrogens with zero attached hydrogens (tertiary/aromatic N) is 1. The number of nitro benzene ring substituents is 1. The SMILES string of the molecule is Cc1cc(C)c([N+](=O)[O-])cc1O[C@@H]1CCC[C@H]1O. The average molecular weight is 251 g/mol. The maximum Gasteiger partial charge on any atom is 0.276 e. The van der Waals surface area contributed by atoms with Gasteiger partial charge in [-0.25, -0.2) is 0 Å². The van der Waals surface area contributed by atoms with Gasteiger partial charge in [-0.05, 0) is 44.7 Å². The van der Waals surface area contributed by atoms with Crippen LogP contribution in [0.5, 0.6) is 5.75 Å². The Kier molecular flexibility index (Phi) is 3.52. The Balaban J connectivity index is 2.27. The average Bonchev–Trinajstić information content (AvgIpc) is 2.67. The van der Waals surface area contributed by atoms with Crippen LogP contribution in [0.25, 0.3) is 0 Å². The normalized spacial score (nSPS) is 23.1. The summed E-state index contributed by atoms with van der Waals surface area (Å²) in [5, 5.41) is 20.6. The summed E-state index contributed by atoms with van der Waals surface area (Å²) in [4.78, 5) is 10.5. The van der Waals surface area contributed by atoms with Gasteiger partial charge in [0.15, 0.2) is 0 Å². The zero-order valence-electron chi connectivity index (χ0n) is 10.5. The minimum Gasteiger partial charge on any atom is -0.487 e. The van der Waals surface area contributed by atoms with Gasteiger partial charge >= 0.3 is 0 Å². The molecule has 0 saturated heterocycles. The highest BCUT2D eigenvalue weighted by atomic mass is 16.6. The maximum atomic E-state index is 10.9. The third kappa shape index (κ3) is 2.46. The molecule has 0 aromatic heterocycles. The first-order chi connectivity index (χ1) is 8.49. The summed E-state index contributed by atoms with van der Waals surface area (Å²) in [6.45, 7) is 3.56. The summed E-state index contributed by atoms with van der Waals surface area (Å²) in [6.07, 6.45) is 1.74. The second kappa shape index (κ2) is 4.94. The van der Waals surface area contributed by atoms with Gasteiger partial charge in [-0.15, -0.1) is 0 Å². The van der Waals surface area contributed by atoms with Crippen molar-refractivity contribution in [3.8, 4) is 5.75 Å². The number of nitro groups is 1. The lowest BCUT2D eigenvalue weighted by molar-refractivity contribution is -0.385. The van der Waals surface area contributed by atoms with Crippen LogP contribution in [0.4, 0.5) is 5.69 Å². The van der Waals surface area contributed by atoms with Crippen molar-refractivity contribution in [1.82, 2.24) is 0 Å². The summed E-state index contributed by atoms with van der Waals surface area (Å²) in [5.74, 6) is 0.498. The second-order valence-corrected chi connectivity index (χ2v) is 4.82. The number of rotatable bonds is 3. The minimum absolute atomic E-state index is 0.0584. The van der Waals surface area contributed by atoms with Crippen LogP contribution in [0.15, 0.2) is 12.1 Å². The van der Waals surface area contributed by atoms with E-state index in [1.165, 1.54) is 6.07 Å². The molecule has 1 aliphatic carbocycles. The number of benzene rings is 1. The topological polar surface area (TPSA) is 72.6 Å². The van der Waals surface area contributed by atoms with Gasteiger partial charge in [0.1, 0.15) is 11.9 Å². The van der Waals surface area contributed by atoms with Crippen molar-refractivity contribution in [2.45, 2.75) is 45.3 Å². The van der Waals surface area contributed by atoms with E-state index in [9.17, 15) is 15.2 Å². The summed E-state index contributed by atoms with van der Waals surface area (Å²) in [5.41, 5.74) is 1.54. The van der Waals surface area contributed by atoms with Crippen LogP contribution in [0.2, 0.25) is 0 Å². The molecule has 0 amide bonds. The molecule has 2 atom stereocenters. The summed E-state index contributed by atoms with van der Waals surface area (Å²) < 4.78 is 5.71. The van der Waals surface area contributed by atoms with E-state index in [1.807, 2.05) is 6.92 Å². The highest BCUT2D eigenvalue weighted by molar-refractivity contribution is 5.49. The molecule has 1 aromatic rings. The predicted molar refractivity (Wildman–Crippen MR) is 66.8 cm³/mol. The smallest absolute Gasteiger partial charge is 0.276 e. The van der Waals surface area contributed by atoms with Crippen LogP contribution in [0.3, 0.4) is 0 Å². The van der Waals surface area contributed by atoms with E-state index < -0.39 is 11.0 Å². The van der Waals surface area contributed by atoms with E-state index >= 15 is 0 Å². The molecule has 2 rings (SSSR count). The fourth-order valence-corrected chi connectivity index (χ4v) is 2.35. The van der Waals surface area contributed by atoms with E-state index in [0.717, 1.165) is 24.8 Å². The van der Waals surface area contributed by atoms with Gasteiger partial charge in [0.05, 0.1) is 17.1 Å². The van der Waals surface area contributed by atoms with Gasteiger partial charge in [0, 0.05) is 5.56 Å². The number of ether oxygens (including phenoxy) is 1. The van der Waals surface area contributed by atoms with Crippen molar-refractivity contribution in [2.75, 3.05) is 0 Å². The predicted octanol–water partition coefficient (Wildman–Crippen LogP) is 2.50. The van der Waals surface area contributed by atoms with Gasteiger partial charge in [0.25, 0.3) is 5.69 Å².